The van der Waals surface area contributed by atoms with Crippen LogP contribution in [0.25, 0.3) is 0 Å². The predicted octanol–water partition coefficient (Wildman–Crippen LogP) is 1.02. The van der Waals surface area contributed by atoms with Gasteiger partial charge in [-0.05, 0) is 30.5 Å². The number of hydrogen-bond donors (Lipinski definition) is 2. The second-order valence-electron chi connectivity index (χ2n) is 4.20. The molecule has 1 aromatic carbocycles. The largest absolute Gasteiger partial charge is 0.352 e. The zero-order valence-electron chi connectivity index (χ0n) is 9.70. The Morgan fingerprint density at radius 2 is 2.29 bits per heavy atom. The standard InChI is InChI=1S/C14H16N2O/c15-8-2-5-11-3-1-4-12(9-11)10-16-14(17)13-6-7-13/h1,3-4,9,13H,6-8,10,15H2,(H,16,17). The van der Waals surface area contributed by atoms with Crippen molar-refractivity contribution in [1.29, 1.82) is 0 Å². The minimum absolute atomic E-state index is 0.170. The third-order valence-electron chi connectivity index (χ3n) is 2.68. The van der Waals surface area contributed by atoms with E-state index in [4.69, 9.17) is 5.73 Å². The van der Waals surface area contributed by atoms with E-state index in [0.29, 0.717) is 13.1 Å². The molecule has 0 radical (unpaired) electrons. The van der Waals surface area contributed by atoms with E-state index in [0.717, 1.165) is 24.0 Å². The van der Waals surface area contributed by atoms with Gasteiger partial charge in [0.05, 0.1) is 6.54 Å². The van der Waals surface area contributed by atoms with Crippen LogP contribution in [-0.4, -0.2) is 12.5 Å². The lowest BCUT2D eigenvalue weighted by molar-refractivity contribution is -0.122. The minimum Gasteiger partial charge on any atom is -0.352 e. The molecule has 1 aliphatic rings. The summed E-state index contributed by atoms with van der Waals surface area (Å²) < 4.78 is 0. The van der Waals surface area contributed by atoms with E-state index >= 15 is 0 Å². The molecule has 2 rings (SSSR count). The summed E-state index contributed by atoms with van der Waals surface area (Å²) in [5, 5.41) is 2.93. The summed E-state index contributed by atoms with van der Waals surface area (Å²) in [6.07, 6.45) is 2.07. The van der Waals surface area contributed by atoms with Gasteiger partial charge >= 0.3 is 0 Å². The zero-order chi connectivity index (χ0) is 12.1. The summed E-state index contributed by atoms with van der Waals surface area (Å²) in [5.41, 5.74) is 7.33. The SMILES string of the molecule is NCC#Cc1cccc(CNC(=O)C2CC2)c1. The van der Waals surface area contributed by atoms with E-state index in [-0.39, 0.29) is 11.8 Å². The van der Waals surface area contributed by atoms with E-state index in [2.05, 4.69) is 17.2 Å². The first kappa shape index (κ1) is 11.7. The van der Waals surface area contributed by atoms with Crippen molar-refractivity contribution in [3.05, 3.63) is 35.4 Å². The summed E-state index contributed by atoms with van der Waals surface area (Å²) in [4.78, 5) is 11.5. The van der Waals surface area contributed by atoms with Crippen LogP contribution in [0.3, 0.4) is 0 Å². The summed E-state index contributed by atoms with van der Waals surface area (Å²) in [7, 11) is 0. The molecule has 0 saturated heterocycles. The average molecular weight is 228 g/mol. The molecule has 3 N–H and O–H groups in total. The number of hydrogen-bond acceptors (Lipinski definition) is 2. The second kappa shape index (κ2) is 5.51. The van der Waals surface area contributed by atoms with E-state index in [1.165, 1.54) is 0 Å². The maximum Gasteiger partial charge on any atom is 0.223 e. The highest BCUT2D eigenvalue weighted by molar-refractivity contribution is 5.80. The van der Waals surface area contributed by atoms with Gasteiger partial charge in [-0.25, -0.2) is 0 Å². The molecular formula is C14H16N2O. The maximum absolute atomic E-state index is 11.5. The number of benzene rings is 1. The van der Waals surface area contributed by atoms with Crippen LogP contribution in [0.5, 0.6) is 0 Å². The van der Waals surface area contributed by atoms with Crippen molar-refractivity contribution in [2.75, 3.05) is 6.54 Å². The topological polar surface area (TPSA) is 55.1 Å². The molecule has 1 aliphatic carbocycles. The molecule has 17 heavy (non-hydrogen) atoms. The normalized spacial score (nSPS) is 13.7. The molecule has 3 heteroatoms. The lowest BCUT2D eigenvalue weighted by Crippen LogP contribution is -2.24. The number of carbonyl (C=O) groups is 1. The molecule has 88 valence electrons. The fraction of sp³-hybridized carbons (Fsp3) is 0.357. The molecule has 3 nitrogen and oxygen atoms in total. The van der Waals surface area contributed by atoms with Gasteiger partial charge in [-0.2, -0.15) is 0 Å². The molecule has 1 aromatic rings. The van der Waals surface area contributed by atoms with E-state index in [9.17, 15) is 4.79 Å². The number of nitrogens with two attached hydrogens (primary N) is 1. The molecule has 0 unspecified atom stereocenters. The molecule has 1 saturated carbocycles. The second-order valence-corrected chi connectivity index (χ2v) is 4.20. The van der Waals surface area contributed by atoms with Crippen molar-refractivity contribution in [2.45, 2.75) is 19.4 Å². The Kier molecular flexibility index (Phi) is 3.79. The highest BCUT2D eigenvalue weighted by Crippen LogP contribution is 2.28. The Morgan fingerprint density at radius 1 is 1.47 bits per heavy atom. The minimum atomic E-state index is 0.170. The van der Waals surface area contributed by atoms with Crippen molar-refractivity contribution in [3.63, 3.8) is 0 Å². The number of nitrogens with one attached hydrogen (secondary N) is 1. The van der Waals surface area contributed by atoms with Crippen molar-refractivity contribution < 1.29 is 4.79 Å². The first-order valence-corrected chi connectivity index (χ1v) is 5.85. The molecule has 0 heterocycles. The highest BCUT2D eigenvalue weighted by atomic mass is 16.2. The van der Waals surface area contributed by atoms with Gasteiger partial charge < -0.3 is 11.1 Å². The monoisotopic (exact) mass is 228 g/mol. The summed E-state index contributed by atoms with van der Waals surface area (Å²) in [5.74, 6) is 6.22. The number of amides is 1. The first-order valence-electron chi connectivity index (χ1n) is 5.85. The van der Waals surface area contributed by atoms with Crippen LogP contribution in [-0.2, 0) is 11.3 Å². The molecule has 1 amide bonds. The number of rotatable bonds is 3. The van der Waals surface area contributed by atoms with E-state index in [1.54, 1.807) is 0 Å². The van der Waals surface area contributed by atoms with Gasteiger partial charge in [-0.15, -0.1) is 0 Å². The maximum atomic E-state index is 11.5. The van der Waals surface area contributed by atoms with Crippen LogP contribution in [0.4, 0.5) is 0 Å². The molecule has 0 aliphatic heterocycles. The first-order chi connectivity index (χ1) is 8.29. The Hall–Kier alpha value is -1.79. The summed E-state index contributed by atoms with van der Waals surface area (Å²) in [6.45, 7) is 0.941. The van der Waals surface area contributed by atoms with Crippen LogP contribution in [0.15, 0.2) is 24.3 Å². The molecule has 0 aromatic heterocycles. The highest BCUT2D eigenvalue weighted by Gasteiger charge is 2.29. The Bertz CT molecular complexity index is 467. The third kappa shape index (κ3) is 3.61. The fourth-order valence-corrected chi connectivity index (χ4v) is 1.59. The van der Waals surface area contributed by atoms with Crippen LogP contribution >= 0.6 is 0 Å². The van der Waals surface area contributed by atoms with Gasteiger partial charge in [0.25, 0.3) is 0 Å². The van der Waals surface area contributed by atoms with Gasteiger partial charge in [-0.3, -0.25) is 4.79 Å². The van der Waals surface area contributed by atoms with Gasteiger partial charge in [0.2, 0.25) is 5.91 Å². The van der Waals surface area contributed by atoms with Crippen molar-refractivity contribution in [3.8, 4) is 11.8 Å². The van der Waals surface area contributed by atoms with E-state index < -0.39 is 0 Å². The van der Waals surface area contributed by atoms with Crippen molar-refractivity contribution in [1.82, 2.24) is 5.32 Å². The summed E-state index contributed by atoms with van der Waals surface area (Å²) >= 11 is 0. The average Bonchev–Trinajstić information content (AvgIpc) is 3.18. The molecular weight excluding hydrogens is 212 g/mol. The van der Waals surface area contributed by atoms with Crippen LogP contribution in [0, 0.1) is 17.8 Å². The number of carbonyl (C=O) groups excluding carboxylic acids is 1. The van der Waals surface area contributed by atoms with Crippen LogP contribution < -0.4 is 11.1 Å². The van der Waals surface area contributed by atoms with Crippen LogP contribution in [0.2, 0.25) is 0 Å². The molecule has 0 spiro atoms. The lowest BCUT2D eigenvalue weighted by atomic mass is 10.1. The fourth-order valence-electron chi connectivity index (χ4n) is 1.59. The quantitative estimate of drug-likeness (QED) is 0.759. The summed E-state index contributed by atoms with van der Waals surface area (Å²) in [6, 6.07) is 7.85. The Labute approximate surface area is 101 Å². The van der Waals surface area contributed by atoms with Gasteiger partial charge in [0.1, 0.15) is 0 Å². The smallest absolute Gasteiger partial charge is 0.223 e. The lowest BCUT2D eigenvalue weighted by Gasteiger charge is -2.04. The Morgan fingerprint density at radius 3 is 3.00 bits per heavy atom. The van der Waals surface area contributed by atoms with Gasteiger partial charge in [0.15, 0.2) is 0 Å². The predicted molar refractivity (Wildman–Crippen MR) is 66.9 cm³/mol. The van der Waals surface area contributed by atoms with Crippen molar-refractivity contribution in [2.24, 2.45) is 11.7 Å². The van der Waals surface area contributed by atoms with Gasteiger partial charge in [0, 0.05) is 18.0 Å². The molecule has 0 atom stereocenters. The van der Waals surface area contributed by atoms with Gasteiger partial charge in [-0.1, -0.05) is 24.0 Å². The Balaban J connectivity index is 1.93. The molecule has 1 fully saturated rings. The zero-order valence-corrected chi connectivity index (χ0v) is 9.70. The van der Waals surface area contributed by atoms with E-state index in [1.807, 2.05) is 24.3 Å². The van der Waals surface area contributed by atoms with Crippen LogP contribution in [0.1, 0.15) is 24.0 Å². The van der Waals surface area contributed by atoms with Crippen molar-refractivity contribution >= 4 is 5.91 Å². The third-order valence-corrected chi connectivity index (χ3v) is 2.68. The molecule has 0 bridgehead atoms.